The molecule has 2 amide bonds. The second kappa shape index (κ2) is 11.5. The normalized spacial score (nSPS) is 12.2. The van der Waals surface area contributed by atoms with Crippen LogP contribution in [0.2, 0.25) is 5.02 Å². The predicted molar refractivity (Wildman–Crippen MR) is 139 cm³/mol. The highest BCUT2D eigenvalue weighted by atomic mass is 35.5. The molecule has 0 aromatic heterocycles. The molecule has 3 aromatic carbocycles. The van der Waals surface area contributed by atoms with E-state index >= 15 is 0 Å². The van der Waals surface area contributed by atoms with Crippen LogP contribution in [0.15, 0.2) is 72.8 Å². The molecule has 0 bridgehead atoms. The van der Waals surface area contributed by atoms with Gasteiger partial charge in [-0.05, 0) is 51.0 Å². The maximum Gasteiger partial charge on any atom is 0.243 e. The van der Waals surface area contributed by atoms with E-state index in [0.29, 0.717) is 6.42 Å². The Bertz CT molecular complexity index is 1140. The van der Waals surface area contributed by atoms with Crippen LogP contribution in [0.25, 0.3) is 0 Å². The SMILES string of the molecule is Cc1ccc(CN(C(=O)Cc2c(F)cccc2Cl)[C@H](Cc2ccccc2)C(=O)NC(C)(C)C)cc1. The van der Waals surface area contributed by atoms with Crippen molar-refractivity contribution in [3.05, 3.63) is 106 Å². The van der Waals surface area contributed by atoms with E-state index in [0.717, 1.165) is 16.7 Å². The maximum atomic E-state index is 14.5. The van der Waals surface area contributed by atoms with Gasteiger partial charge in [0.05, 0.1) is 6.42 Å². The molecular formula is C29H32ClFN2O2. The van der Waals surface area contributed by atoms with E-state index in [1.165, 1.54) is 12.1 Å². The smallest absolute Gasteiger partial charge is 0.243 e. The first kappa shape index (κ1) is 26.4. The molecule has 0 heterocycles. The average Bonchev–Trinajstić information content (AvgIpc) is 2.79. The van der Waals surface area contributed by atoms with Crippen molar-refractivity contribution in [3.8, 4) is 0 Å². The van der Waals surface area contributed by atoms with Gasteiger partial charge in [-0.3, -0.25) is 9.59 Å². The lowest BCUT2D eigenvalue weighted by molar-refractivity contribution is -0.141. The quantitative estimate of drug-likeness (QED) is 0.425. The first-order valence-corrected chi connectivity index (χ1v) is 12.0. The number of aryl methyl sites for hydroxylation is 1. The van der Waals surface area contributed by atoms with Gasteiger partial charge < -0.3 is 10.2 Å². The number of nitrogens with zero attached hydrogens (tertiary/aromatic N) is 1. The third kappa shape index (κ3) is 7.66. The standard InChI is InChI=1S/C29H32ClFN2O2/c1-20-13-15-22(16-14-20)19-33(27(34)18-23-24(30)11-8-12-25(23)31)26(28(35)32-29(2,3)4)17-21-9-6-5-7-10-21/h5-16,26H,17-19H2,1-4H3,(H,32,35)/t26-/m1/s1. The number of carbonyl (C=O) groups is 2. The summed E-state index contributed by atoms with van der Waals surface area (Å²) in [5.41, 5.74) is 2.54. The Balaban J connectivity index is 2.02. The van der Waals surface area contributed by atoms with Gasteiger partial charge in [0.1, 0.15) is 11.9 Å². The summed E-state index contributed by atoms with van der Waals surface area (Å²) in [6, 6.07) is 20.9. The van der Waals surface area contributed by atoms with Crippen molar-refractivity contribution in [2.45, 2.75) is 58.7 Å². The summed E-state index contributed by atoms with van der Waals surface area (Å²) in [5.74, 6) is -1.18. The molecule has 0 saturated heterocycles. The summed E-state index contributed by atoms with van der Waals surface area (Å²) < 4.78 is 14.5. The largest absolute Gasteiger partial charge is 0.350 e. The molecule has 0 aliphatic heterocycles. The van der Waals surface area contributed by atoms with Crippen molar-refractivity contribution in [3.63, 3.8) is 0 Å². The van der Waals surface area contributed by atoms with Crippen molar-refractivity contribution in [1.82, 2.24) is 10.2 Å². The summed E-state index contributed by atoms with van der Waals surface area (Å²) >= 11 is 6.22. The van der Waals surface area contributed by atoms with E-state index in [4.69, 9.17) is 11.6 Å². The van der Waals surface area contributed by atoms with Crippen LogP contribution >= 0.6 is 11.6 Å². The van der Waals surface area contributed by atoms with Crippen LogP contribution in [-0.4, -0.2) is 28.3 Å². The summed E-state index contributed by atoms with van der Waals surface area (Å²) in [5, 5.41) is 3.21. The minimum atomic E-state index is -0.795. The van der Waals surface area contributed by atoms with Gasteiger partial charge >= 0.3 is 0 Å². The highest BCUT2D eigenvalue weighted by molar-refractivity contribution is 6.31. The van der Waals surface area contributed by atoms with Gasteiger partial charge in [0, 0.05) is 29.1 Å². The van der Waals surface area contributed by atoms with Crippen molar-refractivity contribution < 1.29 is 14.0 Å². The predicted octanol–water partition coefficient (Wildman–Crippen LogP) is 5.88. The molecule has 3 aromatic rings. The molecule has 0 fully saturated rings. The van der Waals surface area contributed by atoms with Crippen LogP contribution in [0.3, 0.4) is 0 Å². The third-order valence-electron chi connectivity index (χ3n) is 5.63. The van der Waals surface area contributed by atoms with E-state index in [9.17, 15) is 14.0 Å². The van der Waals surface area contributed by atoms with Crippen LogP contribution in [0.5, 0.6) is 0 Å². The van der Waals surface area contributed by atoms with Crippen LogP contribution in [0, 0.1) is 12.7 Å². The summed E-state index contributed by atoms with van der Waals surface area (Å²) in [7, 11) is 0. The number of hydrogen-bond acceptors (Lipinski definition) is 2. The lowest BCUT2D eigenvalue weighted by atomic mass is 9.99. The fourth-order valence-corrected chi connectivity index (χ4v) is 4.08. The summed E-state index contributed by atoms with van der Waals surface area (Å²) in [6.07, 6.45) is 0.0802. The Kier molecular flexibility index (Phi) is 8.68. The molecule has 0 radical (unpaired) electrons. The molecule has 4 nitrogen and oxygen atoms in total. The number of rotatable bonds is 8. The number of nitrogens with one attached hydrogen (secondary N) is 1. The monoisotopic (exact) mass is 494 g/mol. The molecule has 0 aliphatic rings. The molecule has 184 valence electrons. The fraction of sp³-hybridized carbons (Fsp3) is 0.310. The Hall–Kier alpha value is -3.18. The lowest BCUT2D eigenvalue weighted by Gasteiger charge is -2.34. The third-order valence-corrected chi connectivity index (χ3v) is 5.99. The minimum Gasteiger partial charge on any atom is -0.350 e. The zero-order valence-corrected chi connectivity index (χ0v) is 21.4. The number of carbonyl (C=O) groups excluding carboxylic acids is 2. The maximum absolute atomic E-state index is 14.5. The molecule has 1 atom stereocenters. The van der Waals surface area contributed by atoms with Gasteiger partial charge in [-0.25, -0.2) is 4.39 Å². The van der Waals surface area contributed by atoms with Gasteiger partial charge in [-0.1, -0.05) is 77.8 Å². The number of hydrogen-bond donors (Lipinski definition) is 1. The van der Waals surface area contributed by atoms with E-state index in [2.05, 4.69) is 5.32 Å². The number of halogens is 2. The van der Waals surface area contributed by atoms with E-state index in [1.54, 1.807) is 11.0 Å². The van der Waals surface area contributed by atoms with Crippen LogP contribution in [0.4, 0.5) is 4.39 Å². The van der Waals surface area contributed by atoms with Gasteiger partial charge in [0.2, 0.25) is 11.8 Å². The van der Waals surface area contributed by atoms with Crippen molar-refractivity contribution in [1.29, 1.82) is 0 Å². The molecule has 0 aliphatic carbocycles. The van der Waals surface area contributed by atoms with E-state index < -0.39 is 17.4 Å². The molecule has 6 heteroatoms. The Labute approximate surface area is 212 Å². The van der Waals surface area contributed by atoms with Crippen molar-refractivity contribution in [2.75, 3.05) is 0 Å². The van der Waals surface area contributed by atoms with E-state index in [1.807, 2.05) is 82.3 Å². The summed E-state index contributed by atoms with van der Waals surface area (Å²) in [4.78, 5) is 28.8. The first-order chi connectivity index (χ1) is 16.5. The lowest BCUT2D eigenvalue weighted by Crippen LogP contribution is -2.54. The van der Waals surface area contributed by atoms with Gasteiger partial charge in [-0.2, -0.15) is 0 Å². The Morgan fingerprint density at radius 1 is 0.943 bits per heavy atom. The Morgan fingerprint density at radius 3 is 2.20 bits per heavy atom. The van der Waals surface area contributed by atoms with Gasteiger partial charge in [0.15, 0.2) is 0 Å². The van der Waals surface area contributed by atoms with E-state index in [-0.39, 0.29) is 35.4 Å². The van der Waals surface area contributed by atoms with Gasteiger partial charge in [0.25, 0.3) is 0 Å². The molecule has 1 N–H and O–H groups in total. The zero-order chi connectivity index (χ0) is 25.6. The van der Waals surface area contributed by atoms with Crippen molar-refractivity contribution in [2.24, 2.45) is 0 Å². The number of amides is 2. The highest BCUT2D eigenvalue weighted by Crippen LogP contribution is 2.23. The summed E-state index contributed by atoms with van der Waals surface area (Å²) in [6.45, 7) is 7.89. The second-order valence-corrected chi connectivity index (χ2v) is 10.2. The van der Waals surface area contributed by atoms with Crippen LogP contribution in [-0.2, 0) is 29.0 Å². The molecular weight excluding hydrogens is 463 g/mol. The highest BCUT2D eigenvalue weighted by Gasteiger charge is 2.32. The van der Waals surface area contributed by atoms with Gasteiger partial charge in [-0.15, -0.1) is 0 Å². The Morgan fingerprint density at radius 2 is 1.60 bits per heavy atom. The van der Waals surface area contributed by atoms with Crippen LogP contribution in [0.1, 0.15) is 43.0 Å². The second-order valence-electron chi connectivity index (χ2n) is 9.83. The average molecular weight is 495 g/mol. The van der Waals surface area contributed by atoms with Crippen molar-refractivity contribution >= 4 is 23.4 Å². The molecule has 0 saturated carbocycles. The molecule has 3 rings (SSSR count). The molecule has 0 unspecified atom stereocenters. The topological polar surface area (TPSA) is 49.4 Å². The minimum absolute atomic E-state index is 0.128. The molecule has 0 spiro atoms. The van der Waals surface area contributed by atoms with Crippen LogP contribution < -0.4 is 5.32 Å². The number of benzene rings is 3. The molecule has 35 heavy (non-hydrogen) atoms. The first-order valence-electron chi connectivity index (χ1n) is 11.7. The fourth-order valence-electron chi connectivity index (χ4n) is 3.85. The zero-order valence-electron chi connectivity index (χ0n) is 20.6.